The molecule has 1 aromatic carbocycles. The zero-order valence-corrected chi connectivity index (χ0v) is 10.8. The van der Waals surface area contributed by atoms with Gasteiger partial charge in [-0.2, -0.15) is 0 Å². The number of carbonyl (C=O) groups excluding carboxylic acids is 1. The molecule has 0 aliphatic heterocycles. The molecule has 0 saturated carbocycles. The van der Waals surface area contributed by atoms with Gasteiger partial charge in [0.2, 0.25) is 0 Å². The lowest BCUT2D eigenvalue weighted by molar-refractivity contribution is -0.139. The predicted octanol–water partition coefficient (Wildman–Crippen LogP) is 2.00. The summed E-state index contributed by atoms with van der Waals surface area (Å²) in [5.41, 5.74) is 1.82. The van der Waals surface area contributed by atoms with Gasteiger partial charge >= 0.3 is 12.0 Å². The summed E-state index contributed by atoms with van der Waals surface area (Å²) < 4.78 is 0. The number of aryl methyl sites for hydroxylation is 1. The molecule has 0 aromatic heterocycles. The van der Waals surface area contributed by atoms with Crippen molar-refractivity contribution in [3.8, 4) is 0 Å². The highest BCUT2D eigenvalue weighted by atomic mass is 16.4. The van der Waals surface area contributed by atoms with Crippen molar-refractivity contribution in [2.45, 2.75) is 26.3 Å². The van der Waals surface area contributed by atoms with Gasteiger partial charge in [-0.25, -0.2) is 9.59 Å². The Bertz CT molecular complexity index is 428. The van der Waals surface area contributed by atoms with Crippen LogP contribution in [0.25, 0.3) is 0 Å². The second-order valence-electron chi connectivity index (χ2n) is 4.14. The van der Waals surface area contributed by atoms with Crippen LogP contribution < -0.4 is 10.2 Å². The average molecular weight is 250 g/mol. The molecule has 0 spiro atoms. The van der Waals surface area contributed by atoms with Crippen LogP contribution >= 0.6 is 0 Å². The number of benzene rings is 1. The molecule has 18 heavy (non-hydrogen) atoms. The Morgan fingerprint density at radius 1 is 1.33 bits per heavy atom. The van der Waals surface area contributed by atoms with Crippen LogP contribution in [0.15, 0.2) is 24.3 Å². The summed E-state index contributed by atoms with van der Waals surface area (Å²) in [5, 5.41) is 11.3. The number of hydrogen-bond acceptors (Lipinski definition) is 2. The van der Waals surface area contributed by atoms with E-state index in [0.717, 1.165) is 11.3 Å². The van der Waals surface area contributed by atoms with E-state index in [0.29, 0.717) is 6.42 Å². The van der Waals surface area contributed by atoms with Crippen molar-refractivity contribution < 1.29 is 14.7 Å². The molecule has 98 valence electrons. The molecule has 0 bridgehead atoms. The maximum atomic E-state index is 11.9. The standard InChI is InChI=1S/C13H18N2O3/c1-4-11(12(16)17)14-13(18)15(3)10-7-5-9(2)6-8-10/h5-8,11H,4H2,1-3H3,(H,14,18)(H,16,17)/t11-/m0/s1. The van der Waals surface area contributed by atoms with Crippen LogP contribution in [0.2, 0.25) is 0 Å². The van der Waals surface area contributed by atoms with E-state index in [-0.39, 0.29) is 0 Å². The van der Waals surface area contributed by atoms with E-state index < -0.39 is 18.0 Å². The predicted molar refractivity (Wildman–Crippen MR) is 69.8 cm³/mol. The van der Waals surface area contributed by atoms with E-state index in [2.05, 4.69) is 5.32 Å². The number of carboxylic acid groups (broad SMARTS) is 1. The average Bonchev–Trinajstić information content (AvgIpc) is 2.35. The van der Waals surface area contributed by atoms with Gasteiger partial charge < -0.3 is 10.4 Å². The molecule has 1 aromatic rings. The van der Waals surface area contributed by atoms with E-state index >= 15 is 0 Å². The maximum absolute atomic E-state index is 11.9. The molecule has 0 fully saturated rings. The quantitative estimate of drug-likeness (QED) is 0.858. The summed E-state index contributed by atoms with van der Waals surface area (Å²) in [6.45, 7) is 3.67. The minimum absolute atomic E-state index is 0.350. The van der Waals surface area contributed by atoms with Crippen LogP contribution in [0.5, 0.6) is 0 Å². The van der Waals surface area contributed by atoms with Crippen molar-refractivity contribution in [1.29, 1.82) is 0 Å². The van der Waals surface area contributed by atoms with Crippen LogP contribution in [0, 0.1) is 6.92 Å². The zero-order chi connectivity index (χ0) is 13.7. The Balaban J connectivity index is 2.72. The summed E-state index contributed by atoms with van der Waals surface area (Å²) in [6.07, 6.45) is 0.350. The number of nitrogens with zero attached hydrogens (tertiary/aromatic N) is 1. The van der Waals surface area contributed by atoms with Crippen molar-refractivity contribution in [1.82, 2.24) is 5.32 Å². The fraction of sp³-hybridized carbons (Fsp3) is 0.385. The number of hydrogen-bond donors (Lipinski definition) is 2. The normalized spacial score (nSPS) is 11.7. The van der Waals surface area contributed by atoms with Gasteiger partial charge in [0.15, 0.2) is 0 Å². The number of rotatable bonds is 4. The second kappa shape index (κ2) is 6.05. The van der Waals surface area contributed by atoms with Crippen molar-refractivity contribution in [2.24, 2.45) is 0 Å². The molecular formula is C13H18N2O3. The third-order valence-electron chi connectivity index (χ3n) is 2.73. The molecular weight excluding hydrogens is 232 g/mol. The molecule has 0 unspecified atom stereocenters. The highest BCUT2D eigenvalue weighted by Crippen LogP contribution is 2.13. The van der Waals surface area contributed by atoms with Gasteiger partial charge in [0.25, 0.3) is 0 Å². The first-order valence-electron chi connectivity index (χ1n) is 5.79. The van der Waals surface area contributed by atoms with E-state index in [1.54, 1.807) is 14.0 Å². The van der Waals surface area contributed by atoms with E-state index in [1.165, 1.54) is 4.90 Å². The van der Waals surface area contributed by atoms with Gasteiger partial charge in [0.05, 0.1) is 0 Å². The minimum Gasteiger partial charge on any atom is -0.480 e. The van der Waals surface area contributed by atoms with E-state index in [1.807, 2.05) is 31.2 Å². The highest BCUT2D eigenvalue weighted by Gasteiger charge is 2.20. The zero-order valence-electron chi connectivity index (χ0n) is 10.8. The fourth-order valence-electron chi connectivity index (χ4n) is 1.47. The Hall–Kier alpha value is -2.04. The van der Waals surface area contributed by atoms with Gasteiger partial charge in [-0.1, -0.05) is 24.6 Å². The Labute approximate surface area is 106 Å². The van der Waals surface area contributed by atoms with Gasteiger partial charge in [0, 0.05) is 12.7 Å². The molecule has 2 N–H and O–H groups in total. The molecule has 2 amide bonds. The van der Waals surface area contributed by atoms with E-state index in [4.69, 9.17) is 5.11 Å². The van der Waals surface area contributed by atoms with Crippen molar-refractivity contribution >= 4 is 17.7 Å². The number of urea groups is 1. The van der Waals surface area contributed by atoms with Crippen LogP contribution in [0.3, 0.4) is 0 Å². The fourth-order valence-corrected chi connectivity index (χ4v) is 1.47. The summed E-state index contributed by atoms with van der Waals surface area (Å²) >= 11 is 0. The molecule has 0 aliphatic carbocycles. The highest BCUT2D eigenvalue weighted by molar-refractivity contribution is 5.93. The first kappa shape index (κ1) is 14.0. The van der Waals surface area contributed by atoms with E-state index in [9.17, 15) is 9.59 Å². The Morgan fingerprint density at radius 3 is 2.33 bits per heavy atom. The molecule has 5 nitrogen and oxygen atoms in total. The molecule has 1 atom stereocenters. The number of carbonyl (C=O) groups is 2. The number of aliphatic carboxylic acids is 1. The lowest BCUT2D eigenvalue weighted by Crippen LogP contribution is -2.46. The smallest absolute Gasteiger partial charge is 0.326 e. The number of amides is 2. The largest absolute Gasteiger partial charge is 0.480 e. The SMILES string of the molecule is CC[C@H](NC(=O)N(C)c1ccc(C)cc1)C(=O)O. The molecule has 5 heteroatoms. The lowest BCUT2D eigenvalue weighted by Gasteiger charge is -2.21. The van der Waals surface area contributed by atoms with Gasteiger partial charge in [-0.3, -0.25) is 4.90 Å². The summed E-state index contributed by atoms with van der Waals surface area (Å²) in [6, 6.07) is 6.15. The molecule has 0 aliphatic rings. The van der Waals surface area contributed by atoms with Gasteiger partial charge in [-0.15, -0.1) is 0 Å². The van der Waals surface area contributed by atoms with Crippen molar-refractivity contribution in [3.63, 3.8) is 0 Å². The summed E-state index contributed by atoms with van der Waals surface area (Å²) in [4.78, 5) is 24.1. The van der Waals surface area contributed by atoms with Crippen molar-refractivity contribution in [2.75, 3.05) is 11.9 Å². The van der Waals surface area contributed by atoms with Crippen molar-refractivity contribution in [3.05, 3.63) is 29.8 Å². The van der Waals surface area contributed by atoms with Crippen LogP contribution in [0.1, 0.15) is 18.9 Å². The number of anilines is 1. The van der Waals surface area contributed by atoms with Gasteiger partial charge in [0.1, 0.15) is 6.04 Å². The van der Waals surface area contributed by atoms with Crippen LogP contribution in [-0.2, 0) is 4.79 Å². The Kier molecular flexibility index (Phi) is 4.71. The molecule has 0 heterocycles. The molecule has 0 saturated heterocycles. The minimum atomic E-state index is -1.02. The number of nitrogens with one attached hydrogen (secondary N) is 1. The number of carboxylic acids is 1. The Morgan fingerprint density at radius 2 is 1.89 bits per heavy atom. The van der Waals surface area contributed by atoms with Crippen LogP contribution in [0.4, 0.5) is 10.5 Å². The monoisotopic (exact) mass is 250 g/mol. The maximum Gasteiger partial charge on any atom is 0.326 e. The second-order valence-corrected chi connectivity index (χ2v) is 4.14. The first-order valence-corrected chi connectivity index (χ1v) is 5.79. The molecule has 0 radical (unpaired) electrons. The summed E-state index contributed by atoms with van der Waals surface area (Å²) in [7, 11) is 1.61. The van der Waals surface area contributed by atoms with Gasteiger partial charge in [-0.05, 0) is 25.5 Å². The summed E-state index contributed by atoms with van der Waals surface area (Å²) in [5.74, 6) is -1.02. The van der Waals surface area contributed by atoms with Crippen LogP contribution in [-0.4, -0.2) is 30.2 Å². The topological polar surface area (TPSA) is 69.6 Å². The lowest BCUT2D eigenvalue weighted by atomic mass is 10.2. The molecule has 1 rings (SSSR count). The third-order valence-corrected chi connectivity index (χ3v) is 2.73. The first-order chi connectivity index (χ1) is 8.45. The third kappa shape index (κ3) is 3.48.